The molecule has 4 rings (SSSR count). The molecule has 1 aromatic heterocycles. The number of hydrogen-bond acceptors (Lipinski definition) is 7. The minimum absolute atomic E-state index is 0.0413. The molecule has 10 nitrogen and oxygen atoms in total. The molecule has 2 atom stereocenters. The van der Waals surface area contributed by atoms with Crippen LogP contribution < -0.4 is 20.3 Å². The normalized spacial score (nSPS) is 16.3. The van der Waals surface area contributed by atoms with Crippen LogP contribution in [0.2, 0.25) is 0 Å². The van der Waals surface area contributed by atoms with E-state index in [2.05, 4.69) is 21.0 Å². The van der Waals surface area contributed by atoms with Gasteiger partial charge in [-0.2, -0.15) is 5.10 Å². The number of carbonyl (C=O) groups is 1. The van der Waals surface area contributed by atoms with Crippen molar-refractivity contribution in [1.29, 1.82) is 0 Å². The highest BCUT2D eigenvalue weighted by atomic mass is 32.2. The number of sulfonamides is 1. The van der Waals surface area contributed by atoms with Crippen LogP contribution in [-0.2, 0) is 29.5 Å². The maximum absolute atomic E-state index is 16.0. The van der Waals surface area contributed by atoms with Gasteiger partial charge < -0.3 is 21.1 Å². The molecule has 0 spiro atoms. The van der Waals surface area contributed by atoms with Crippen LogP contribution in [0.1, 0.15) is 55.1 Å². The fourth-order valence-corrected chi connectivity index (χ4v) is 6.64. The maximum Gasteiger partial charge on any atom is 0.254 e. The van der Waals surface area contributed by atoms with Crippen LogP contribution >= 0.6 is 0 Å². The molecule has 0 saturated carbocycles. The molecule has 4 N–H and O–H groups in total. The van der Waals surface area contributed by atoms with Crippen molar-refractivity contribution in [2.45, 2.75) is 71.3 Å². The number of hydrogen-bond donors (Lipinski definition) is 4. The lowest BCUT2D eigenvalue weighted by molar-refractivity contribution is 0.0826. The first-order valence-electron chi connectivity index (χ1n) is 14.4. The number of anilines is 2. The zero-order valence-electron chi connectivity index (χ0n) is 24.4. The van der Waals surface area contributed by atoms with Crippen molar-refractivity contribution in [2.75, 3.05) is 28.5 Å². The second-order valence-electron chi connectivity index (χ2n) is 10.9. The Morgan fingerprint density at radius 3 is 2.57 bits per heavy atom. The Kier molecular flexibility index (Phi) is 10.6. The quantitative estimate of drug-likeness (QED) is 0.237. The molecule has 1 saturated heterocycles. The van der Waals surface area contributed by atoms with Gasteiger partial charge in [0.05, 0.1) is 35.3 Å². The lowest BCUT2D eigenvalue weighted by Gasteiger charge is -2.30. The van der Waals surface area contributed by atoms with Crippen LogP contribution in [0.15, 0.2) is 54.9 Å². The molecule has 1 amide bonds. The predicted octanol–water partition coefficient (Wildman–Crippen LogP) is 3.28. The van der Waals surface area contributed by atoms with Gasteiger partial charge in [-0.25, -0.2) is 12.8 Å². The molecule has 2 heterocycles. The van der Waals surface area contributed by atoms with Crippen molar-refractivity contribution in [3.05, 3.63) is 77.4 Å². The predicted molar refractivity (Wildman–Crippen MR) is 163 cm³/mol. The number of amides is 1. The molecule has 12 heteroatoms. The number of rotatable bonds is 13. The van der Waals surface area contributed by atoms with E-state index in [-0.39, 0.29) is 36.1 Å². The molecule has 3 aromatic rings. The zero-order chi connectivity index (χ0) is 30.3. The van der Waals surface area contributed by atoms with E-state index >= 15 is 4.39 Å². The highest BCUT2D eigenvalue weighted by molar-refractivity contribution is 7.92. The summed E-state index contributed by atoms with van der Waals surface area (Å²) in [4.78, 5) is 13.6. The number of aliphatic hydroxyl groups is 1. The van der Waals surface area contributed by atoms with E-state index in [1.54, 1.807) is 6.20 Å². The van der Waals surface area contributed by atoms with Crippen molar-refractivity contribution < 1.29 is 22.7 Å². The first kappa shape index (κ1) is 31.5. The van der Waals surface area contributed by atoms with Crippen molar-refractivity contribution in [3.63, 3.8) is 0 Å². The Balaban J connectivity index is 1.59. The number of halogens is 1. The van der Waals surface area contributed by atoms with Crippen molar-refractivity contribution in [1.82, 2.24) is 20.4 Å². The van der Waals surface area contributed by atoms with Crippen LogP contribution in [0.4, 0.5) is 15.8 Å². The van der Waals surface area contributed by atoms with E-state index < -0.39 is 33.9 Å². The first-order valence-corrected chi connectivity index (χ1v) is 16.0. The van der Waals surface area contributed by atoms with E-state index in [1.165, 1.54) is 12.1 Å². The molecule has 1 aliphatic rings. The smallest absolute Gasteiger partial charge is 0.254 e. The van der Waals surface area contributed by atoms with Gasteiger partial charge in [-0.15, -0.1) is 0 Å². The summed E-state index contributed by atoms with van der Waals surface area (Å²) < 4.78 is 44.5. The van der Waals surface area contributed by atoms with Gasteiger partial charge in [0.15, 0.2) is 5.82 Å². The van der Waals surface area contributed by atoms with Crippen LogP contribution in [0, 0.1) is 5.82 Å². The van der Waals surface area contributed by atoms with Gasteiger partial charge in [0.25, 0.3) is 5.91 Å². The molecule has 0 unspecified atom stereocenters. The third kappa shape index (κ3) is 8.08. The summed E-state index contributed by atoms with van der Waals surface area (Å²) in [6.45, 7) is 7.34. The molecule has 2 aromatic carbocycles. The standard InChI is InChI=1S/C30H41FN6O4S/c1-4-36-20-23(18-33-36)17-32-19-28(38)26(14-22-10-6-5-7-11-22)35-30(39)25-15-24(34-21(2)3)16-27(29(25)31)37-12-8-9-13-42(37,40)41/h5-7,10-11,15-16,18,20-21,26,28,32,34,38H,4,8-9,12-14,17,19H2,1-3H3,(H,35,39)/t26-,28+/m0/s1. The number of aliphatic hydroxyl groups excluding tert-OH is 1. The Morgan fingerprint density at radius 2 is 1.90 bits per heavy atom. The summed E-state index contributed by atoms with van der Waals surface area (Å²) in [6, 6.07) is 11.4. The molecule has 228 valence electrons. The third-order valence-electron chi connectivity index (χ3n) is 7.14. The fraction of sp³-hybridized carbons (Fsp3) is 0.467. The number of aryl methyl sites for hydroxylation is 1. The highest BCUT2D eigenvalue weighted by Gasteiger charge is 2.32. The summed E-state index contributed by atoms with van der Waals surface area (Å²) in [5, 5.41) is 24.6. The lowest BCUT2D eigenvalue weighted by Crippen LogP contribution is -2.49. The van der Waals surface area contributed by atoms with E-state index in [9.17, 15) is 18.3 Å². The van der Waals surface area contributed by atoms with Gasteiger partial charge in [0.2, 0.25) is 10.0 Å². The molecule has 0 bridgehead atoms. The van der Waals surface area contributed by atoms with Gasteiger partial charge in [0.1, 0.15) is 0 Å². The average Bonchev–Trinajstić information content (AvgIpc) is 3.41. The Morgan fingerprint density at radius 1 is 1.14 bits per heavy atom. The summed E-state index contributed by atoms with van der Waals surface area (Å²) >= 11 is 0. The Labute approximate surface area is 247 Å². The average molecular weight is 601 g/mol. The number of benzene rings is 2. The van der Waals surface area contributed by atoms with E-state index in [1.807, 2.05) is 62.0 Å². The molecular weight excluding hydrogens is 559 g/mol. The number of nitrogens with zero attached hydrogens (tertiary/aromatic N) is 3. The van der Waals surface area contributed by atoms with Gasteiger partial charge in [-0.1, -0.05) is 30.3 Å². The summed E-state index contributed by atoms with van der Waals surface area (Å²) in [5.41, 5.74) is 1.84. The Bertz CT molecular complexity index is 1450. The van der Waals surface area contributed by atoms with Crippen LogP contribution in [0.5, 0.6) is 0 Å². The number of nitrogens with one attached hydrogen (secondary N) is 3. The largest absolute Gasteiger partial charge is 0.390 e. The van der Waals surface area contributed by atoms with E-state index in [0.29, 0.717) is 31.5 Å². The topological polar surface area (TPSA) is 129 Å². The van der Waals surface area contributed by atoms with Crippen molar-refractivity contribution >= 4 is 27.3 Å². The molecule has 42 heavy (non-hydrogen) atoms. The summed E-state index contributed by atoms with van der Waals surface area (Å²) in [7, 11) is -3.72. The number of carbonyl (C=O) groups excluding carboxylic acids is 1. The second-order valence-corrected chi connectivity index (χ2v) is 12.9. The van der Waals surface area contributed by atoms with Gasteiger partial charge >= 0.3 is 0 Å². The molecule has 0 aliphatic carbocycles. The molecule has 0 radical (unpaired) electrons. The Hall–Kier alpha value is -3.48. The minimum Gasteiger partial charge on any atom is -0.390 e. The maximum atomic E-state index is 16.0. The van der Waals surface area contributed by atoms with E-state index in [4.69, 9.17) is 0 Å². The minimum atomic E-state index is -3.72. The highest BCUT2D eigenvalue weighted by Crippen LogP contribution is 2.32. The first-order chi connectivity index (χ1) is 20.1. The van der Waals surface area contributed by atoms with Gasteiger partial charge in [-0.3, -0.25) is 13.8 Å². The number of aromatic nitrogens is 2. The van der Waals surface area contributed by atoms with Crippen molar-refractivity contribution in [3.8, 4) is 0 Å². The SMILES string of the molecule is CCn1cc(CNC[C@@H](O)[C@H](Cc2ccccc2)NC(=O)c2cc(NC(C)C)cc(N3CCCCS3(=O)=O)c2F)cn1. The van der Waals surface area contributed by atoms with Crippen LogP contribution in [0.25, 0.3) is 0 Å². The third-order valence-corrected chi connectivity index (χ3v) is 9.00. The second kappa shape index (κ2) is 14.1. The van der Waals surface area contributed by atoms with Gasteiger partial charge in [0, 0.05) is 49.7 Å². The summed E-state index contributed by atoms with van der Waals surface area (Å²) in [6.07, 6.45) is 4.09. The van der Waals surface area contributed by atoms with Crippen LogP contribution in [0.3, 0.4) is 0 Å². The van der Waals surface area contributed by atoms with Crippen molar-refractivity contribution in [2.24, 2.45) is 0 Å². The molecule has 1 fully saturated rings. The fourth-order valence-electron chi connectivity index (χ4n) is 5.01. The monoisotopic (exact) mass is 600 g/mol. The van der Waals surface area contributed by atoms with E-state index in [0.717, 1.165) is 22.0 Å². The molecular formula is C30H41FN6O4S. The van der Waals surface area contributed by atoms with Gasteiger partial charge in [-0.05, 0) is 57.7 Å². The lowest BCUT2D eigenvalue weighted by atomic mass is 10.00. The molecule has 1 aliphatic heterocycles. The zero-order valence-corrected chi connectivity index (χ0v) is 25.2. The summed E-state index contributed by atoms with van der Waals surface area (Å²) in [5.74, 6) is -1.72. The van der Waals surface area contributed by atoms with Crippen LogP contribution in [-0.4, -0.2) is 66.2 Å².